The number of anilines is 1. The number of rotatable bonds is 5. The lowest BCUT2D eigenvalue weighted by molar-refractivity contribution is 0.0787. The van der Waals surface area contributed by atoms with Crippen LogP contribution in [-0.2, 0) is 6.54 Å². The Hall–Kier alpha value is -1.95. The van der Waals surface area contributed by atoms with E-state index in [-0.39, 0.29) is 5.91 Å². The van der Waals surface area contributed by atoms with Gasteiger partial charge in [0.25, 0.3) is 5.91 Å². The molecule has 0 radical (unpaired) electrons. The maximum atomic E-state index is 12.5. The summed E-state index contributed by atoms with van der Waals surface area (Å²) in [6, 6.07) is 3.57. The second kappa shape index (κ2) is 6.47. The zero-order chi connectivity index (χ0) is 14.5. The highest BCUT2D eigenvalue weighted by atomic mass is 32.1. The molecule has 0 spiro atoms. The van der Waals surface area contributed by atoms with E-state index < -0.39 is 0 Å². The molecule has 0 saturated heterocycles. The van der Waals surface area contributed by atoms with E-state index in [1.807, 2.05) is 13.8 Å². The summed E-state index contributed by atoms with van der Waals surface area (Å²) in [5.41, 5.74) is 3.38. The van der Waals surface area contributed by atoms with Gasteiger partial charge in [-0.1, -0.05) is 0 Å². The molecule has 0 atom stereocenters. The van der Waals surface area contributed by atoms with Crippen molar-refractivity contribution in [2.45, 2.75) is 20.4 Å². The fourth-order valence-corrected chi connectivity index (χ4v) is 2.69. The summed E-state index contributed by atoms with van der Waals surface area (Å²) in [7, 11) is 1.80. The first-order valence-corrected chi connectivity index (χ1v) is 7.34. The van der Waals surface area contributed by atoms with Crippen LogP contribution in [-0.4, -0.2) is 34.4 Å². The maximum Gasteiger partial charge on any atom is 0.257 e. The van der Waals surface area contributed by atoms with Gasteiger partial charge in [0.1, 0.15) is 5.82 Å². The molecule has 2 rings (SSSR count). The minimum atomic E-state index is -0.0400. The summed E-state index contributed by atoms with van der Waals surface area (Å²) in [4.78, 5) is 23.7. The first-order chi connectivity index (χ1) is 9.63. The van der Waals surface area contributed by atoms with Crippen molar-refractivity contribution >= 4 is 23.1 Å². The number of pyridine rings is 1. The number of thiazole rings is 1. The molecule has 5 nitrogen and oxygen atoms in total. The first-order valence-electron chi connectivity index (χ1n) is 6.46. The standard InChI is InChI=1S/C14H18N4OS/c1-4-15-13-11(6-5-7-16-13)14(19)18(3)8-12-10(2)17-9-20-12/h5-7,9H,4,8H2,1-3H3,(H,15,16). The van der Waals surface area contributed by atoms with E-state index >= 15 is 0 Å². The van der Waals surface area contributed by atoms with Crippen LogP contribution in [0.4, 0.5) is 5.82 Å². The predicted molar refractivity (Wildman–Crippen MR) is 81.0 cm³/mol. The Bertz CT molecular complexity index is 596. The molecule has 0 unspecified atom stereocenters. The van der Waals surface area contributed by atoms with Gasteiger partial charge in [-0.25, -0.2) is 9.97 Å². The number of nitrogens with one attached hydrogen (secondary N) is 1. The molecule has 0 aliphatic carbocycles. The van der Waals surface area contributed by atoms with Crippen LogP contribution in [0.5, 0.6) is 0 Å². The molecule has 2 aromatic rings. The molecule has 0 bridgehead atoms. The Kier molecular flexibility index (Phi) is 4.68. The van der Waals surface area contributed by atoms with Crippen molar-refractivity contribution < 1.29 is 4.79 Å². The number of hydrogen-bond donors (Lipinski definition) is 1. The molecule has 2 heterocycles. The summed E-state index contributed by atoms with van der Waals surface area (Å²) < 4.78 is 0. The summed E-state index contributed by atoms with van der Waals surface area (Å²) in [6.07, 6.45) is 1.68. The summed E-state index contributed by atoms with van der Waals surface area (Å²) in [5, 5.41) is 3.11. The minimum Gasteiger partial charge on any atom is -0.370 e. The highest BCUT2D eigenvalue weighted by molar-refractivity contribution is 7.09. The van der Waals surface area contributed by atoms with E-state index in [2.05, 4.69) is 15.3 Å². The highest BCUT2D eigenvalue weighted by Gasteiger charge is 2.17. The van der Waals surface area contributed by atoms with Crippen molar-refractivity contribution in [1.29, 1.82) is 0 Å². The molecule has 2 aromatic heterocycles. The van der Waals surface area contributed by atoms with Crippen LogP contribution in [0.1, 0.15) is 27.9 Å². The smallest absolute Gasteiger partial charge is 0.257 e. The van der Waals surface area contributed by atoms with Crippen molar-refractivity contribution in [2.75, 3.05) is 18.9 Å². The number of nitrogens with zero attached hydrogens (tertiary/aromatic N) is 3. The molecule has 0 aliphatic rings. The number of carbonyl (C=O) groups excluding carboxylic acids is 1. The third-order valence-electron chi connectivity index (χ3n) is 2.95. The van der Waals surface area contributed by atoms with Gasteiger partial charge in [-0.2, -0.15) is 0 Å². The van der Waals surface area contributed by atoms with E-state index in [1.54, 1.807) is 47.1 Å². The minimum absolute atomic E-state index is 0.0400. The Balaban J connectivity index is 2.16. The summed E-state index contributed by atoms with van der Waals surface area (Å²) >= 11 is 1.57. The molecule has 0 saturated carbocycles. The van der Waals surface area contributed by atoms with Gasteiger partial charge in [-0.05, 0) is 26.0 Å². The largest absolute Gasteiger partial charge is 0.370 e. The first kappa shape index (κ1) is 14.5. The van der Waals surface area contributed by atoms with Crippen molar-refractivity contribution in [1.82, 2.24) is 14.9 Å². The van der Waals surface area contributed by atoms with Crippen molar-refractivity contribution in [2.24, 2.45) is 0 Å². The Morgan fingerprint density at radius 3 is 2.90 bits per heavy atom. The molecule has 0 aliphatic heterocycles. The monoisotopic (exact) mass is 290 g/mol. The highest BCUT2D eigenvalue weighted by Crippen LogP contribution is 2.18. The third kappa shape index (κ3) is 3.14. The van der Waals surface area contributed by atoms with Crippen LogP contribution in [0, 0.1) is 6.92 Å². The normalized spacial score (nSPS) is 10.3. The molecular formula is C14H18N4OS. The molecule has 106 valence electrons. The zero-order valence-electron chi connectivity index (χ0n) is 11.9. The fourth-order valence-electron chi connectivity index (χ4n) is 1.86. The maximum absolute atomic E-state index is 12.5. The van der Waals surface area contributed by atoms with Gasteiger partial charge in [0.15, 0.2) is 0 Å². The van der Waals surface area contributed by atoms with Gasteiger partial charge in [0, 0.05) is 24.7 Å². The van der Waals surface area contributed by atoms with Crippen LogP contribution in [0.2, 0.25) is 0 Å². The van der Waals surface area contributed by atoms with Crippen molar-refractivity contribution in [3.8, 4) is 0 Å². The Morgan fingerprint density at radius 2 is 2.25 bits per heavy atom. The number of carbonyl (C=O) groups is 1. The number of aryl methyl sites for hydroxylation is 1. The Labute approximate surface area is 122 Å². The number of amides is 1. The molecule has 1 N–H and O–H groups in total. The molecular weight excluding hydrogens is 272 g/mol. The molecule has 0 fully saturated rings. The SMILES string of the molecule is CCNc1ncccc1C(=O)N(C)Cc1scnc1C. The van der Waals surface area contributed by atoms with Gasteiger partial charge in [-0.15, -0.1) is 11.3 Å². The topological polar surface area (TPSA) is 58.1 Å². The van der Waals surface area contributed by atoms with Gasteiger partial charge < -0.3 is 10.2 Å². The van der Waals surface area contributed by atoms with Crippen LogP contribution in [0.25, 0.3) is 0 Å². The summed E-state index contributed by atoms with van der Waals surface area (Å²) in [5.74, 6) is 0.592. The van der Waals surface area contributed by atoms with Gasteiger partial charge in [0.2, 0.25) is 0 Å². The van der Waals surface area contributed by atoms with Crippen LogP contribution < -0.4 is 5.32 Å². The lowest BCUT2D eigenvalue weighted by Gasteiger charge is -2.18. The lowest BCUT2D eigenvalue weighted by Crippen LogP contribution is -2.27. The van der Waals surface area contributed by atoms with Gasteiger partial charge in [0.05, 0.1) is 23.3 Å². The van der Waals surface area contributed by atoms with Crippen molar-refractivity contribution in [3.05, 3.63) is 40.0 Å². The van der Waals surface area contributed by atoms with E-state index in [0.717, 1.165) is 17.1 Å². The van der Waals surface area contributed by atoms with Crippen LogP contribution >= 0.6 is 11.3 Å². The Morgan fingerprint density at radius 1 is 1.45 bits per heavy atom. The number of aromatic nitrogens is 2. The van der Waals surface area contributed by atoms with E-state index in [4.69, 9.17) is 0 Å². The van der Waals surface area contributed by atoms with Gasteiger partial charge in [-0.3, -0.25) is 4.79 Å². The summed E-state index contributed by atoms with van der Waals surface area (Å²) in [6.45, 7) is 5.23. The number of hydrogen-bond acceptors (Lipinski definition) is 5. The molecule has 6 heteroatoms. The lowest BCUT2D eigenvalue weighted by atomic mass is 10.2. The average Bonchev–Trinajstić information content (AvgIpc) is 2.84. The predicted octanol–water partition coefficient (Wildman–Crippen LogP) is 2.55. The van der Waals surface area contributed by atoms with Crippen LogP contribution in [0.15, 0.2) is 23.8 Å². The zero-order valence-corrected chi connectivity index (χ0v) is 12.7. The fraction of sp³-hybridized carbons (Fsp3) is 0.357. The quantitative estimate of drug-likeness (QED) is 0.919. The second-order valence-corrected chi connectivity index (χ2v) is 5.39. The van der Waals surface area contributed by atoms with E-state index in [1.165, 1.54) is 0 Å². The average molecular weight is 290 g/mol. The van der Waals surface area contributed by atoms with E-state index in [9.17, 15) is 4.79 Å². The van der Waals surface area contributed by atoms with Crippen molar-refractivity contribution in [3.63, 3.8) is 0 Å². The van der Waals surface area contributed by atoms with E-state index in [0.29, 0.717) is 17.9 Å². The molecule has 0 aromatic carbocycles. The molecule has 20 heavy (non-hydrogen) atoms. The second-order valence-electron chi connectivity index (χ2n) is 4.45. The molecule has 1 amide bonds. The van der Waals surface area contributed by atoms with Gasteiger partial charge >= 0.3 is 0 Å². The third-order valence-corrected chi connectivity index (χ3v) is 3.87. The van der Waals surface area contributed by atoms with Crippen LogP contribution in [0.3, 0.4) is 0 Å².